The lowest BCUT2D eigenvalue weighted by Crippen LogP contribution is -2.25. The van der Waals surface area contributed by atoms with Gasteiger partial charge in [-0.15, -0.1) is 0 Å². The number of benzene rings is 6. The number of rotatable bonds is 6. The summed E-state index contributed by atoms with van der Waals surface area (Å²) < 4.78 is 0. The number of nitrogens with one attached hydrogen (secondary N) is 1. The van der Waals surface area contributed by atoms with Crippen molar-refractivity contribution in [2.75, 3.05) is 10.2 Å². The number of anilines is 5. The van der Waals surface area contributed by atoms with Crippen LogP contribution < -0.4 is 10.2 Å². The quantitative estimate of drug-likeness (QED) is 0.220. The van der Waals surface area contributed by atoms with Crippen molar-refractivity contribution in [3.8, 4) is 11.1 Å². The van der Waals surface area contributed by atoms with Crippen LogP contribution in [0.3, 0.4) is 0 Å². The van der Waals surface area contributed by atoms with Gasteiger partial charge in [0.25, 0.3) is 0 Å². The summed E-state index contributed by atoms with van der Waals surface area (Å²) in [6.07, 6.45) is 4.47. The van der Waals surface area contributed by atoms with Crippen molar-refractivity contribution < 1.29 is 0 Å². The molecule has 1 spiro atoms. The van der Waals surface area contributed by atoms with E-state index >= 15 is 0 Å². The molecule has 1 atom stereocenters. The third kappa shape index (κ3) is 4.42. The molecule has 0 heterocycles. The maximum absolute atomic E-state index is 3.86. The van der Waals surface area contributed by atoms with Crippen LogP contribution in [0.5, 0.6) is 0 Å². The Labute approximate surface area is 254 Å². The highest BCUT2D eigenvalue weighted by Crippen LogP contribution is 2.58. The van der Waals surface area contributed by atoms with Crippen LogP contribution >= 0.6 is 0 Å². The van der Waals surface area contributed by atoms with Crippen molar-refractivity contribution in [1.82, 2.24) is 0 Å². The first-order valence-electron chi connectivity index (χ1n) is 15.4. The van der Waals surface area contributed by atoms with E-state index in [-0.39, 0.29) is 5.41 Å². The van der Waals surface area contributed by atoms with E-state index in [0.29, 0.717) is 0 Å². The molecule has 0 aliphatic heterocycles. The van der Waals surface area contributed by atoms with Crippen molar-refractivity contribution in [3.63, 3.8) is 0 Å². The minimum atomic E-state index is -0.0311. The predicted molar refractivity (Wildman–Crippen MR) is 180 cm³/mol. The molecular formula is C41H34N2. The van der Waals surface area contributed by atoms with Gasteiger partial charge in [-0.3, -0.25) is 0 Å². The highest BCUT2D eigenvalue weighted by atomic mass is 15.1. The van der Waals surface area contributed by atoms with Gasteiger partial charge in [0.2, 0.25) is 0 Å². The van der Waals surface area contributed by atoms with E-state index in [9.17, 15) is 0 Å². The minimum absolute atomic E-state index is 0.0311. The van der Waals surface area contributed by atoms with Crippen molar-refractivity contribution in [2.24, 2.45) is 0 Å². The van der Waals surface area contributed by atoms with E-state index in [4.69, 9.17) is 0 Å². The molecule has 0 aromatic heterocycles. The van der Waals surface area contributed by atoms with Gasteiger partial charge in [0, 0.05) is 28.2 Å². The molecule has 0 saturated carbocycles. The van der Waals surface area contributed by atoms with Gasteiger partial charge >= 0.3 is 0 Å². The van der Waals surface area contributed by atoms with Crippen LogP contribution in [-0.4, -0.2) is 0 Å². The number of hydrogen-bond donors (Lipinski definition) is 1. The Bertz CT molecular complexity index is 1840. The van der Waals surface area contributed by atoms with Gasteiger partial charge < -0.3 is 10.2 Å². The molecule has 2 heteroatoms. The molecule has 1 N–H and O–H groups in total. The van der Waals surface area contributed by atoms with E-state index in [0.717, 1.165) is 31.4 Å². The molecule has 43 heavy (non-hydrogen) atoms. The van der Waals surface area contributed by atoms with Crippen LogP contribution in [0, 0.1) is 0 Å². The Kier molecular flexibility index (Phi) is 6.34. The SMILES string of the molecule is c1ccc(-c2ccc(Nc3cccc4c3[C@@]3(CC4)CCc4cccc(N(c5ccccc5)c5ccccc5)c43)cc2)cc1. The second-order valence-electron chi connectivity index (χ2n) is 11.8. The van der Waals surface area contributed by atoms with Gasteiger partial charge in [-0.2, -0.15) is 0 Å². The maximum Gasteiger partial charge on any atom is 0.0505 e. The lowest BCUT2D eigenvalue weighted by Gasteiger charge is -2.35. The van der Waals surface area contributed by atoms with Gasteiger partial charge in [0.05, 0.1) is 5.69 Å². The number of para-hydroxylation sites is 2. The first-order chi connectivity index (χ1) is 21.3. The van der Waals surface area contributed by atoms with Gasteiger partial charge in [-0.1, -0.05) is 103 Å². The summed E-state index contributed by atoms with van der Waals surface area (Å²) in [5.74, 6) is 0. The average Bonchev–Trinajstić information content (AvgIpc) is 3.65. The molecule has 2 nitrogen and oxygen atoms in total. The molecule has 8 rings (SSSR count). The summed E-state index contributed by atoms with van der Waals surface area (Å²) in [5, 5.41) is 3.86. The van der Waals surface area contributed by atoms with Gasteiger partial charge in [0.1, 0.15) is 0 Å². The first kappa shape index (κ1) is 25.6. The van der Waals surface area contributed by atoms with E-state index in [1.54, 1.807) is 0 Å². The molecule has 0 radical (unpaired) electrons. The normalized spacial score (nSPS) is 16.6. The molecule has 0 unspecified atom stereocenters. The third-order valence-corrected chi connectivity index (χ3v) is 9.42. The Morgan fingerprint density at radius 2 is 1.00 bits per heavy atom. The smallest absolute Gasteiger partial charge is 0.0505 e. The second-order valence-corrected chi connectivity index (χ2v) is 11.8. The topological polar surface area (TPSA) is 15.3 Å². The highest BCUT2D eigenvalue weighted by molar-refractivity contribution is 5.83. The fourth-order valence-corrected chi connectivity index (χ4v) is 7.57. The maximum atomic E-state index is 3.86. The molecule has 0 fully saturated rings. The lowest BCUT2D eigenvalue weighted by atomic mass is 9.75. The summed E-state index contributed by atoms with van der Waals surface area (Å²) in [4.78, 5) is 2.46. The largest absolute Gasteiger partial charge is 0.355 e. The molecule has 0 amide bonds. The van der Waals surface area contributed by atoms with Crippen LogP contribution in [0.25, 0.3) is 11.1 Å². The van der Waals surface area contributed by atoms with Crippen LogP contribution in [0.4, 0.5) is 28.4 Å². The molecule has 6 aromatic carbocycles. The number of hydrogen-bond acceptors (Lipinski definition) is 2. The van der Waals surface area contributed by atoms with Crippen LogP contribution in [0.15, 0.2) is 152 Å². The van der Waals surface area contributed by atoms with Crippen LogP contribution in [0.2, 0.25) is 0 Å². The van der Waals surface area contributed by atoms with E-state index in [2.05, 4.69) is 162 Å². The highest BCUT2D eigenvalue weighted by Gasteiger charge is 2.48. The third-order valence-electron chi connectivity index (χ3n) is 9.42. The number of fused-ring (bicyclic) bond motifs is 4. The standard InChI is InChI=1S/C41H34N2/c1-4-12-30(13-5-1)31-22-24-34(25-23-31)42-37-20-10-14-32-26-28-41(39(32)37)29-27-33-15-11-21-38(40(33)41)43(35-16-6-2-7-17-35)36-18-8-3-9-19-36/h1-25,42H,26-29H2/t41-/m1/s1. The molecule has 208 valence electrons. The zero-order valence-electron chi connectivity index (χ0n) is 24.2. The van der Waals surface area contributed by atoms with E-state index in [1.807, 2.05) is 0 Å². The molecule has 2 aliphatic carbocycles. The monoisotopic (exact) mass is 554 g/mol. The van der Waals surface area contributed by atoms with E-state index in [1.165, 1.54) is 56.1 Å². The second kappa shape index (κ2) is 10.6. The number of nitrogens with zero attached hydrogens (tertiary/aromatic N) is 1. The minimum Gasteiger partial charge on any atom is -0.355 e. The average molecular weight is 555 g/mol. The predicted octanol–water partition coefficient (Wildman–Crippen LogP) is 10.7. The Hall–Kier alpha value is -5.08. The zero-order valence-corrected chi connectivity index (χ0v) is 24.2. The summed E-state index contributed by atoms with van der Waals surface area (Å²) in [6.45, 7) is 0. The summed E-state index contributed by atoms with van der Waals surface area (Å²) in [5.41, 5.74) is 14.4. The van der Waals surface area contributed by atoms with Crippen molar-refractivity contribution >= 4 is 28.4 Å². The van der Waals surface area contributed by atoms with Crippen LogP contribution in [0.1, 0.15) is 35.1 Å². The fraction of sp³-hybridized carbons (Fsp3) is 0.122. The van der Waals surface area contributed by atoms with Crippen molar-refractivity contribution in [3.05, 3.63) is 174 Å². The molecule has 6 aromatic rings. The van der Waals surface area contributed by atoms with E-state index < -0.39 is 0 Å². The Balaban J connectivity index is 1.24. The Morgan fingerprint density at radius 3 is 1.63 bits per heavy atom. The lowest BCUT2D eigenvalue weighted by molar-refractivity contribution is 0.509. The van der Waals surface area contributed by atoms with Gasteiger partial charge in [-0.05, 0) is 108 Å². The summed E-state index contributed by atoms with van der Waals surface area (Å²) >= 11 is 0. The zero-order chi connectivity index (χ0) is 28.6. The van der Waals surface area contributed by atoms with Gasteiger partial charge in [0.15, 0.2) is 0 Å². The van der Waals surface area contributed by atoms with Crippen molar-refractivity contribution in [1.29, 1.82) is 0 Å². The van der Waals surface area contributed by atoms with Crippen LogP contribution in [-0.2, 0) is 18.3 Å². The van der Waals surface area contributed by atoms with Gasteiger partial charge in [-0.25, -0.2) is 0 Å². The molecule has 0 bridgehead atoms. The molecule has 2 aliphatic rings. The molecular weight excluding hydrogens is 520 g/mol. The summed E-state index contributed by atoms with van der Waals surface area (Å²) in [7, 11) is 0. The Morgan fingerprint density at radius 1 is 0.465 bits per heavy atom. The summed E-state index contributed by atoms with van der Waals surface area (Å²) in [6, 6.07) is 54.9. The fourth-order valence-electron chi connectivity index (χ4n) is 7.57. The number of aryl methyl sites for hydroxylation is 2. The molecule has 0 saturated heterocycles. The first-order valence-corrected chi connectivity index (χ1v) is 15.4. The van der Waals surface area contributed by atoms with Crippen molar-refractivity contribution in [2.45, 2.75) is 31.1 Å².